The van der Waals surface area contributed by atoms with Gasteiger partial charge in [0.15, 0.2) is 16.1 Å². The molecule has 0 unspecified atom stereocenters. The van der Waals surface area contributed by atoms with Crippen molar-refractivity contribution in [3.8, 4) is 17.1 Å². The summed E-state index contributed by atoms with van der Waals surface area (Å²) in [5, 5.41) is 8.80. The third kappa shape index (κ3) is 6.49. The summed E-state index contributed by atoms with van der Waals surface area (Å²) in [7, 11) is 3.38. The summed E-state index contributed by atoms with van der Waals surface area (Å²) in [5.41, 5.74) is 4.16. The number of para-hydroxylation sites is 1. The number of nitrogens with one attached hydrogen (secondary N) is 1. The van der Waals surface area contributed by atoms with Gasteiger partial charge >= 0.3 is 0 Å². The fourth-order valence-electron chi connectivity index (χ4n) is 4.58. The molecule has 41 heavy (non-hydrogen) atoms. The van der Waals surface area contributed by atoms with Gasteiger partial charge < -0.3 is 14.8 Å². The Bertz CT molecular complexity index is 1710. The number of aromatic nitrogens is 5. The van der Waals surface area contributed by atoms with Crippen molar-refractivity contribution in [3.63, 3.8) is 0 Å². The first kappa shape index (κ1) is 28.5. The van der Waals surface area contributed by atoms with Crippen LogP contribution in [0.5, 0.6) is 0 Å². The molecule has 12 heteroatoms. The number of aryl methyl sites for hydroxylation is 1. The molecule has 0 radical (unpaired) electrons. The maximum Gasteiger partial charge on any atom is 0.284 e. The van der Waals surface area contributed by atoms with Crippen LogP contribution in [0.3, 0.4) is 0 Å². The molecular weight excluding hydrogens is 558 g/mol. The average Bonchev–Trinajstić information content (AvgIpc) is 3.41. The SMILES string of the molecule is CN(C)C=O.Cc1ccc2nc(NC(=O)CSc3nc4nn(-c5ccccc5)c(=O)c-4c4n3CCCCC4)sc2c1. The number of thiazole rings is 1. The van der Waals surface area contributed by atoms with Gasteiger partial charge in [-0.3, -0.25) is 14.4 Å². The molecule has 3 aliphatic rings. The normalized spacial score (nSPS) is 12.8. The molecule has 0 fully saturated rings. The highest BCUT2D eigenvalue weighted by Crippen LogP contribution is 2.31. The Morgan fingerprint density at radius 2 is 1.90 bits per heavy atom. The minimum Gasteiger partial charge on any atom is -0.351 e. The van der Waals surface area contributed by atoms with E-state index in [4.69, 9.17) is 4.98 Å². The van der Waals surface area contributed by atoms with Crippen LogP contribution in [0.4, 0.5) is 5.13 Å². The van der Waals surface area contributed by atoms with Crippen LogP contribution in [0.1, 0.15) is 30.5 Å². The fraction of sp³-hybridized carbons (Fsp3) is 0.310. The molecular formula is C29H31N7O3S2. The Labute approximate surface area is 245 Å². The third-order valence-corrected chi connectivity index (χ3v) is 8.41. The van der Waals surface area contributed by atoms with Crippen LogP contribution in [0.15, 0.2) is 58.5 Å². The number of nitrogens with zero attached hydrogens (tertiary/aromatic N) is 6. The number of fused-ring (bicyclic) bond motifs is 4. The average molecular weight is 590 g/mol. The topological polar surface area (TPSA) is 115 Å². The van der Waals surface area contributed by atoms with E-state index in [0.29, 0.717) is 27.4 Å². The van der Waals surface area contributed by atoms with E-state index in [9.17, 15) is 14.4 Å². The number of carbonyl (C=O) groups is 2. The van der Waals surface area contributed by atoms with Crippen molar-refractivity contribution >= 4 is 50.8 Å². The number of hydrogen-bond acceptors (Lipinski definition) is 8. The van der Waals surface area contributed by atoms with Crippen molar-refractivity contribution in [2.24, 2.45) is 0 Å². The second-order valence-corrected chi connectivity index (χ2v) is 11.9. The first-order chi connectivity index (χ1) is 19.8. The monoisotopic (exact) mass is 589 g/mol. The maximum atomic E-state index is 13.4. The van der Waals surface area contributed by atoms with Crippen molar-refractivity contribution in [2.75, 3.05) is 25.2 Å². The predicted octanol–water partition coefficient (Wildman–Crippen LogP) is 4.61. The summed E-state index contributed by atoms with van der Waals surface area (Å²) < 4.78 is 4.60. The van der Waals surface area contributed by atoms with Gasteiger partial charge in [-0.15, -0.1) is 5.10 Å². The Morgan fingerprint density at radius 1 is 1.12 bits per heavy atom. The molecule has 6 rings (SSSR count). The van der Waals surface area contributed by atoms with Gasteiger partial charge in [-0.05, 0) is 56.0 Å². The van der Waals surface area contributed by atoms with Gasteiger partial charge in [0.05, 0.1) is 21.7 Å². The van der Waals surface area contributed by atoms with Crippen LogP contribution in [0.25, 0.3) is 27.3 Å². The van der Waals surface area contributed by atoms with E-state index in [0.717, 1.165) is 60.1 Å². The number of rotatable bonds is 6. The zero-order chi connectivity index (χ0) is 28.9. The number of thioether (sulfide) groups is 1. The van der Waals surface area contributed by atoms with Gasteiger partial charge in [-0.25, -0.2) is 9.97 Å². The molecule has 4 heterocycles. The Hall–Kier alpha value is -4.03. The first-order valence-corrected chi connectivity index (χ1v) is 15.1. The summed E-state index contributed by atoms with van der Waals surface area (Å²) in [4.78, 5) is 46.3. The smallest absolute Gasteiger partial charge is 0.284 e. The van der Waals surface area contributed by atoms with Gasteiger partial charge in [-0.2, -0.15) is 4.68 Å². The molecule has 1 N–H and O–H groups in total. The lowest BCUT2D eigenvalue weighted by atomic mass is 10.1. The number of benzene rings is 2. The predicted molar refractivity (Wildman–Crippen MR) is 163 cm³/mol. The van der Waals surface area contributed by atoms with E-state index in [1.165, 1.54) is 32.7 Å². The third-order valence-electron chi connectivity index (χ3n) is 6.50. The van der Waals surface area contributed by atoms with Crippen molar-refractivity contribution in [1.29, 1.82) is 0 Å². The molecule has 1 aromatic heterocycles. The molecule has 3 aliphatic heterocycles. The van der Waals surface area contributed by atoms with Crippen LogP contribution in [-0.4, -0.2) is 61.4 Å². The molecule has 10 nitrogen and oxygen atoms in total. The van der Waals surface area contributed by atoms with Gasteiger partial charge in [0, 0.05) is 26.3 Å². The van der Waals surface area contributed by atoms with Crippen LogP contribution in [0, 0.1) is 6.92 Å². The molecule has 2 aromatic carbocycles. The summed E-state index contributed by atoms with van der Waals surface area (Å²) in [6, 6.07) is 15.5. The van der Waals surface area contributed by atoms with Crippen molar-refractivity contribution in [2.45, 2.75) is 44.3 Å². The fourth-order valence-corrected chi connectivity index (χ4v) is 6.40. The Balaban J connectivity index is 0.000000623. The highest BCUT2D eigenvalue weighted by Gasteiger charge is 2.27. The summed E-state index contributed by atoms with van der Waals surface area (Å²) in [5.74, 6) is 0.484. The zero-order valence-corrected chi connectivity index (χ0v) is 24.8. The van der Waals surface area contributed by atoms with E-state index in [1.54, 1.807) is 14.1 Å². The highest BCUT2D eigenvalue weighted by molar-refractivity contribution is 7.99. The molecule has 3 aromatic rings. The maximum absolute atomic E-state index is 13.4. The van der Waals surface area contributed by atoms with Crippen LogP contribution in [-0.2, 0) is 22.6 Å². The number of hydrogen-bond donors (Lipinski definition) is 1. The minimum atomic E-state index is -0.144. The van der Waals surface area contributed by atoms with E-state index >= 15 is 0 Å². The lowest BCUT2D eigenvalue weighted by Crippen LogP contribution is -2.20. The van der Waals surface area contributed by atoms with E-state index in [2.05, 4.69) is 26.0 Å². The standard InChI is InChI=1S/C26H24N6O2S2.C3H7NO/c1-16-11-12-18-20(14-16)36-25(27-18)28-21(33)15-35-26-29-23-22(19-10-6-3-7-13-31(19)26)24(34)32(30-23)17-8-4-2-5-9-17;1-4(2)3-5/h2,4-5,8-9,11-12,14H,3,6-7,10,13,15H2,1H3,(H,27,28,33);3H,1-2H3. The quantitative estimate of drug-likeness (QED) is 0.175. The van der Waals surface area contributed by atoms with E-state index in [-0.39, 0.29) is 17.2 Å². The van der Waals surface area contributed by atoms with Crippen molar-refractivity contribution in [1.82, 2.24) is 29.2 Å². The van der Waals surface area contributed by atoms with Crippen molar-refractivity contribution < 1.29 is 9.59 Å². The molecule has 0 aliphatic carbocycles. The van der Waals surface area contributed by atoms with E-state index in [1.807, 2.05) is 49.4 Å². The first-order valence-electron chi connectivity index (χ1n) is 13.3. The summed E-state index contributed by atoms with van der Waals surface area (Å²) >= 11 is 2.84. The minimum absolute atomic E-state index is 0.139. The Kier molecular flexibility index (Phi) is 8.79. The van der Waals surface area contributed by atoms with Crippen molar-refractivity contribution in [3.05, 3.63) is 70.1 Å². The Morgan fingerprint density at radius 3 is 2.66 bits per heavy atom. The molecule has 0 saturated carbocycles. The second-order valence-electron chi connectivity index (χ2n) is 9.95. The van der Waals surface area contributed by atoms with Crippen LogP contribution >= 0.6 is 23.1 Å². The van der Waals surface area contributed by atoms with Crippen LogP contribution in [0.2, 0.25) is 0 Å². The lowest BCUT2D eigenvalue weighted by Gasteiger charge is -2.17. The van der Waals surface area contributed by atoms with Gasteiger partial charge in [0.2, 0.25) is 12.3 Å². The summed E-state index contributed by atoms with van der Waals surface area (Å²) in [6.07, 6.45) is 4.65. The lowest BCUT2D eigenvalue weighted by molar-refractivity contribution is -0.116. The van der Waals surface area contributed by atoms with Gasteiger partial charge in [0.1, 0.15) is 5.56 Å². The molecule has 0 bridgehead atoms. The summed E-state index contributed by atoms with van der Waals surface area (Å²) in [6.45, 7) is 2.81. The molecule has 2 amide bonds. The van der Waals surface area contributed by atoms with Gasteiger partial charge in [0.25, 0.3) is 5.56 Å². The molecule has 0 saturated heterocycles. The number of anilines is 1. The van der Waals surface area contributed by atoms with Crippen LogP contribution < -0.4 is 10.9 Å². The largest absolute Gasteiger partial charge is 0.351 e. The molecule has 0 atom stereocenters. The van der Waals surface area contributed by atoms with E-state index < -0.39 is 0 Å². The highest BCUT2D eigenvalue weighted by atomic mass is 32.2. The zero-order valence-electron chi connectivity index (χ0n) is 23.2. The van der Waals surface area contributed by atoms with Gasteiger partial charge in [-0.1, -0.05) is 53.8 Å². The molecule has 0 spiro atoms. The number of amides is 2. The number of carbonyl (C=O) groups excluding carboxylic acids is 2. The second kappa shape index (κ2) is 12.6. The molecule has 212 valence electrons.